The zero-order valence-electron chi connectivity index (χ0n) is 32.9. The van der Waals surface area contributed by atoms with Crippen LogP contribution in [0.1, 0.15) is 118 Å². The molecule has 0 bridgehead atoms. The number of nitrogens with zero attached hydrogens (tertiary/aromatic N) is 2. The molecule has 0 aliphatic carbocycles. The molecule has 2 aromatic carbocycles. The molecule has 0 aliphatic heterocycles. The van der Waals surface area contributed by atoms with Gasteiger partial charge in [-0.2, -0.15) is 0 Å². The summed E-state index contributed by atoms with van der Waals surface area (Å²) < 4.78 is 11.2. The van der Waals surface area contributed by atoms with Crippen LogP contribution in [0.4, 0.5) is 10.6 Å². The summed E-state index contributed by atoms with van der Waals surface area (Å²) in [4.78, 5) is 58.5. The van der Waals surface area contributed by atoms with Crippen molar-refractivity contribution in [3.63, 3.8) is 0 Å². The largest absolute Gasteiger partial charge is 0.0599 e. The van der Waals surface area contributed by atoms with E-state index in [0.29, 0.717) is 24.8 Å². The van der Waals surface area contributed by atoms with Crippen molar-refractivity contribution in [1.29, 1.82) is 0 Å². The summed E-state index contributed by atoms with van der Waals surface area (Å²) in [5.74, 6) is 0.629. The van der Waals surface area contributed by atoms with Gasteiger partial charge in [-0.3, -0.25) is 0 Å². The van der Waals surface area contributed by atoms with Crippen molar-refractivity contribution < 1.29 is 71.1 Å². The maximum atomic E-state index is 13.8. The van der Waals surface area contributed by atoms with Gasteiger partial charge in [0, 0.05) is 0 Å². The smallest absolute Gasteiger partial charge is 0.0354 e. The molecule has 0 saturated heterocycles. The van der Waals surface area contributed by atoms with Gasteiger partial charge in [-0.1, -0.05) is 40.5 Å². The van der Waals surface area contributed by atoms with Gasteiger partial charge in [0.1, 0.15) is 0 Å². The minimum Gasteiger partial charge on any atom is -0.0599 e. The molecule has 0 spiro atoms. The van der Waals surface area contributed by atoms with E-state index in [9.17, 15) is 19.2 Å². The van der Waals surface area contributed by atoms with Gasteiger partial charge in [0.05, 0.1) is 0 Å². The van der Waals surface area contributed by atoms with Crippen molar-refractivity contribution in [3.8, 4) is 0 Å². The van der Waals surface area contributed by atoms with Crippen LogP contribution < -0.4 is 47.7 Å². The number of carbonyl (C=O) groups excluding carboxylic acids is 4. The van der Waals surface area contributed by atoms with E-state index < -0.39 is 61.4 Å². The summed E-state index contributed by atoms with van der Waals surface area (Å²) in [7, 11) is 0. The van der Waals surface area contributed by atoms with Gasteiger partial charge in [-0.05, 0) is 11.3 Å². The zero-order chi connectivity index (χ0) is 39.2. The molecule has 0 radical (unpaired) electrons. The number of hydrogen-bond donors (Lipinski definition) is 1. The Bertz CT molecular complexity index is 1610. The van der Waals surface area contributed by atoms with Gasteiger partial charge in [-0.25, -0.2) is 0 Å². The van der Waals surface area contributed by atoms with E-state index in [-0.39, 0.29) is 31.5 Å². The summed E-state index contributed by atoms with van der Waals surface area (Å²) in [5.41, 5.74) is 1.41. The van der Waals surface area contributed by atoms with Crippen LogP contribution in [0, 0.1) is 11.3 Å². The third kappa shape index (κ3) is 15.6. The topological polar surface area (TPSA) is 117 Å². The summed E-state index contributed by atoms with van der Waals surface area (Å²) >= 11 is -2.70. The number of nitrogens with one attached hydrogen (secondary N) is 1. The maximum absolute atomic E-state index is 13.8. The minimum absolute atomic E-state index is 0.0424. The Morgan fingerprint density at radius 3 is 2.11 bits per heavy atom. The molecule has 9 nitrogen and oxygen atoms in total. The molecular formula is C42H59I2N3O6-2. The van der Waals surface area contributed by atoms with Gasteiger partial charge in [0.15, 0.2) is 0 Å². The minimum atomic E-state index is -1.40. The van der Waals surface area contributed by atoms with Crippen LogP contribution in [0.3, 0.4) is 0 Å². The number of unbranched alkanes of at least 4 members (excludes halogenated alkanes) is 1. The summed E-state index contributed by atoms with van der Waals surface area (Å²) in [5, 5.41) is 2.91. The number of halogens is 2. The second-order valence-electron chi connectivity index (χ2n) is 15.9. The molecule has 3 atom stereocenters. The molecular weight excluding hydrogens is 896 g/mol. The molecule has 0 fully saturated rings. The molecule has 11 heteroatoms. The van der Waals surface area contributed by atoms with E-state index in [2.05, 4.69) is 38.0 Å². The van der Waals surface area contributed by atoms with Crippen LogP contribution in [-0.4, -0.2) is 48.6 Å². The molecule has 1 amide bonds. The molecule has 3 aromatic rings. The Morgan fingerprint density at radius 2 is 1.51 bits per heavy atom. The van der Waals surface area contributed by atoms with Gasteiger partial charge >= 0.3 is 288 Å². The van der Waals surface area contributed by atoms with Crippen LogP contribution in [0.5, 0.6) is 0 Å². The Morgan fingerprint density at radius 1 is 0.868 bits per heavy atom. The number of ether oxygens (including phenoxy) is 2. The Labute approximate surface area is 337 Å². The Balaban J connectivity index is 1.75. The predicted molar refractivity (Wildman–Crippen MR) is 202 cm³/mol. The van der Waals surface area contributed by atoms with E-state index in [1.807, 2.05) is 60.7 Å². The van der Waals surface area contributed by atoms with E-state index in [0.717, 1.165) is 36.8 Å². The molecule has 0 saturated carbocycles. The fraction of sp³-hybridized carbons (Fsp3) is 0.548. The average Bonchev–Trinajstić information content (AvgIpc) is 3.52. The molecule has 53 heavy (non-hydrogen) atoms. The molecule has 294 valence electrons. The molecule has 0 aliphatic rings. The maximum Gasteiger partial charge on any atom is -0.0354 e. The monoisotopic (exact) mass is 955 g/mol. The molecule has 1 aromatic heterocycles. The van der Waals surface area contributed by atoms with E-state index >= 15 is 0 Å². The van der Waals surface area contributed by atoms with Crippen molar-refractivity contribution in [2.45, 2.75) is 126 Å². The molecule has 1 heterocycles. The third-order valence-corrected chi connectivity index (χ3v) is 15.8. The fourth-order valence-corrected chi connectivity index (χ4v) is 11.7. The van der Waals surface area contributed by atoms with Gasteiger partial charge in [-0.15, -0.1) is 0 Å². The van der Waals surface area contributed by atoms with Crippen LogP contribution >= 0.6 is 0 Å². The summed E-state index contributed by atoms with van der Waals surface area (Å²) in [6, 6.07) is 18.7. The van der Waals surface area contributed by atoms with E-state index in [1.54, 1.807) is 51.7 Å². The number of alkyl halides is 2. The van der Waals surface area contributed by atoms with Crippen molar-refractivity contribution in [3.05, 3.63) is 84.3 Å². The van der Waals surface area contributed by atoms with Crippen molar-refractivity contribution >= 4 is 25.3 Å². The van der Waals surface area contributed by atoms with Crippen LogP contribution in [0.25, 0.3) is 0 Å². The van der Waals surface area contributed by atoms with E-state index in [4.69, 9.17) is 9.47 Å². The first kappa shape index (κ1) is 44.7. The van der Waals surface area contributed by atoms with Crippen molar-refractivity contribution in [2.24, 2.45) is 11.3 Å². The van der Waals surface area contributed by atoms with Gasteiger partial charge < -0.3 is 0 Å². The zero-order valence-corrected chi connectivity index (χ0v) is 37.2. The quantitative estimate of drug-likeness (QED) is 0.0757. The second kappa shape index (κ2) is 20.9. The van der Waals surface area contributed by atoms with Gasteiger partial charge in [0.25, 0.3) is 0 Å². The number of carbonyl (C=O) groups is 4. The Kier molecular flexibility index (Phi) is 17.6. The summed E-state index contributed by atoms with van der Waals surface area (Å²) in [6.07, 6.45) is 8.96. The third-order valence-electron chi connectivity index (χ3n) is 8.72. The standard InChI is InChI=1S/C42H59I2N3O6/c1-10-19-32(40(2,3)4)24-17-18-25-34(48)36(31-22-15-12-16-23-31)47-26-35(45-29-47)46-37(49)33(28-52-27-30-20-13-11-14-21-30)43-38(50)42(8,9)44-39(51)53-41(5,6)7/h11-16,20-23,26,29,32-33,36H,10,17-19,24-25,27-28H2,1-9H3,(H,46,49)/q-2. The van der Waals surface area contributed by atoms with Crippen LogP contribution in [0.2, 0.25) is 0 Å². The predicted octanol–water partition coefficient (Wildman–Crippen LogP) is 3.01. The number of benzene rings is 2. The van der Waals surface area contributed by atoms with E-state index in [1.165, 1.54) is 6.42 Å². The normalized spacial score (nSPS) is 14.1. The first-order chi connectivity index (χ1) is 24.9. The number of rotatable bonds is 21. The number of hydrogen-bond acceptors (Lipinski definition) is 7. The number of anilines is 1. The fourth-order valence-electron chi connectivity index (χ4n) is 5.84. The second-order valence-corrected chi connectivity index (χ2v) is 23.2. The van der Waals surface area contributed by atoms with Gasteiger partial charge in [0.2, 0.25) is 0 Å². The number of Topliss-reactive ketones (excluding diaryl/α,β-unsaturated/α-hetero) is 1. The molecule has 1 N–H and O–H groups in total. The van der Waals surface area contributed by atoms with Crippen LogP contribution in [-0.2, 0) is 30.5 Å². The SMILES string of the molecule is CCCC(CCCCC(=O)C(c1ccccc1)n1cnc(NC(=O)C(COCc2ccccc2)[I-]C(=O)C(C)(C)[I-]C(=O)OC(C)(C)C)c1)C(C)(C)C. The number of imidazole rings is 1. The van der Waals surface area contributed by atoms with Crippen molar-refractivity contribution in [1.82, 2.24) is 9.55 Å². The molecule has 3 unspecified atom stereocenters. The number of ketones is 1. The molecule has 3 rings (SSSR count). The van der Waals surface area contributed by atoms with Crippen LogP contribution in [0.15, 0.2) is 73.2 Å². The average molecular weight is 956 g/mol. The number of amides is 1. The Hall–Kier alpha value is -2.65. The first-order valence-corrected chi connectivity index (χ1v) is 23.0. The van der Waals surface area contributed by atoms with Crippen molar-refractivity contribution in [2.75, 3.05) is 11.9 Å². The summed E-state index contributed by atoms with van der Waals surface area (Å²) in [6.45, 7) is 18.4. The first-order valence-electron chi connectivity index (χ1n) is 18.5. The number of aromatic nitrogens is 2.